The molecule has 0 saturated carbocycles. The van der Waals surface area contributed by atoms with Gasteiger partial charge in [-0.3, -0.25) is 5.43 Å². The number of morpholine rings is 1. The molecule has 24 heavy (non-hydrogen) atoms. The van der Waals surface area contributed by atoms with Crippen LogP contribution in [0.2, 0.25) is 0 Å². The molecule has 0 aromatic heterocycles. The zero-order valence-corrected chi connectivity index (χ0v) is 15.7. The average Bonchev–Trinajstić information content (AvgIpc) is 2.55. The maximum atomic E-state index is 5.35. The molecular formula is C18H29N4OS+. The van der Waals surface area contributed by atoms with Crippen LogP contribution in [0.5, 0.6) is 0 Å². The fraction of sp³-hybridized carbons (Fsp3) is 0.556. The number of benzene rings is 1. The van der Waals surface area contributed by atoms with E-state index in [4.69, 9.17) is 17.0 Å². The van der Waals surface area contributed by atoms with Crippen LogP contribution in [-0.4, -0.2) is 50.7 Å². The standard InChI is InChI=1S/C18H28N4OS/c1-18(2,3)16-6-4-15(5-7-16)14-20-21-17(24)19-8-9-22-10-12-23-13-11-22/h4-7,14H,8-13H2,1-3H3,(H2,19,21,24)/p+1/b20-14-. The molecule has 1 aliphatic heterocycles. The first-order valence-corrected chi connectivity index (χ1v) is 8.95. The normalized spacial score (nSPS) is 16.3. The Labute approximate surface area is 150 Å². The fourth-order valence-corrected chi connectivity index (χ4v) is 2.69. The maximum absolute atomic E-state index is 5.35. The summed E-state index contributed by atoms with van der Waals surface area (Å²) in [6, 6.07) is 8.43. The molecule has 0 amide bonds. The second-order valence-corrected chi connectivity index (χ2v) is 7.52. The Morgan fingerprint density at radius 3 is 2.54 bits per heavy atom. The average molecular weight is 350 g/mol. The minimum absolute atomic E-state index is 0.169. The van der Waals surface area contributed by atoms with Crippen LogP contribution in [0.15, 0.2) is 29.4 Å². The van der Waals surface area contributed by atoms with Gasteiger partial charge in [-0.05, 0) is 28.8 Å². The topological polar surface area (TPSA) is 50.1 Å². The molecule has 0 atom stereocenters. The summed E-state index contributed by atoms with van der Waals surface area (Å²) in [5, 5.41) is 7.94. The molecule has 1 aliphatic rings. The predicted molar refractivity (Wildman–Crippen MR) is 103 cm³/mol. The van der Waals surface area contributed by atoms with Crippen molar-refractivity contribution in [2.45, 2.75) is 26.2 Å². The van der Waals surface area contributed by atoms with E-state index in [0.29, 0.717) is 5.11 Å². The van der Waals surface area contributed by atoms with Gasteiger partial charge < -0.3 is 15.0 Å². The Bertz CT molecular complexity index is 545. The molecule has 5 nitrogen and oxygen atoms in total. The van der Waals surface area contributed by atoms with Crippen LogP contribution in [0.3, 0.4) is 0 Å². The molecule has 2 rings (SSSR count). The van der Waals surface area contributed by atoms with E-state index in [0.717, 1.165) is 45.0 Å². The molecule has 1 aromatic carbocycles. The number of hydrazone groups is 1. The van der Waals surface area contributed by atoms with Crippen LogP contribution in [0.4, 0.5) is 0 Å². The smallest absolute Gasteiger partial charge is 0.187 e. The van der Waals surface area contributed by atoms with Gasteiger partial charge >= 0.3 is 0 Å². The van der Waals surface area contributed by atoms with Crippen molar-refractivity contribution in [1.82, 2.24) is 10.7 Å². The molecule has 0 spiro atoms. The van der Waals surface area contributed by atoms with Crippen molar-refractivity contribution in [3.05, 3.63) is 35.4 Å². The second kappa shape index (κ2) is 9.11. The number of hydrogen-bond acceptors (Lipinski definition) is 3. The van der Waals surface area contributed by atoms with E-state index in [1.165, 1.54) is 5.56 Å². The number of nitrogens with one attached hydrogen (secondary N) is 3. The molecule has 6 heteroatoms. The first-order chi connectivity index (χ1) is 11.4. The van der Waals surface area contributed by atoms with Crippen LogP contribution >= 0.6 is 12.2 Å². The van der Waals surface area contributed by atoms with Crippen LogP contribution in [-0.2, 0) is 10.2 Å². The molecule has 0 radical (unpaired) electrons. The number of hydrogen-bond donors (Lipinski definition) is 3. The third-order valence-electron chi connectivity index (χ3n) is 4.12. The van der Waals surface area contributed by atoms with E-state index in [1.54, 1.807) is 11.1 Å². The summed E-state index contributed by atoms with van der Waals surface area (Å²) in [5.74, 6) is 0. The Morgan fingerprint density at radius 1 is 1.25 bits per heavy atom. The van der Waals surface area contributed by atoms with Gasteiger partial charge in [-0.2, -0.15) is 5.10 Å². The lowest BCUT2D eigenvalue weighted by Gasteiger charge is -2.23. The molecule has 132 valence electrons. The lowest BCUT2D eigenvalue weighted by atomic mass is 9.87. The Kier molecular flexibility index (Phi) is 7.15. The van der Waals surface area contributed by atoms with E-state index in [2.05, 4.69) is 60.9 Å². The van der Waals surface area contributed by atoms with Crippen LogP contribution in [0.1, 0.15) is 31.9 Å². The summed E-state index contributed by atoms with van der Waals surface area (Å²) in [7, 11) is 0. The third kappa shape index (κ3) is 6.55. The summed E-state index contributed by atoms with van der Waals surface area (Å²) < 4.78 is 5.35. The number of ether oxygens (including phenoxy) is 1. The SMILES string of the molecule is CC(C)(C)c1ccc(/C=N\NC(=S)NCC[NH+]2CCOCC2)cc1. The zero-order valence-electron chi connectivity index (χ0n) is 14.9. The van der Waals surface area contributed by atoms with Gasteiger partial charge in [0.2, 0.25) is 0 Å². The monoisotopic (exact) mass is 349 g/mol. The molecule has 0 bridgehead atoms. The van der Waals surface area contributed by atoms with Gasteiger partial charge in [-0.25, -0.2) is 0 Å². The van der Waals surface area contributed by atoms with Crippen molar-refractivity contribution in [2.75, 3.05) is 39.4 Å². The van der Waals surface area contributed by atoms with E-state index in [9.17, 15) is 0 Å². The van der Waals surface area contributed by atoms with E-state index in [-0.39, 0.29) is 5.41 Å². The van der Waals surface area contributed by atoms with Crippen molar-refractivity contribution in [1.29, 1.82) is 0 Å². The highest BCUT2D eigenvalue weighted by Crippen LogP contribution is 2.21. The van der Waals surface area contributed by atoms with Gasteiger partial charge in [0.1, 0.15) is 13.1 Å². The fourth-order valence-electron chi connectivity index (χ4n) is 2.54. The molecule has 0 unspecified atom stereocenters. The Hall–Kier alpha value is -1.50. The molecule has 1 heterocycles. The number of thiocarbonyl (C=S) groups is 1. The lowest BCUT2D eigenvalue weighted by molar-refractivity contribution is -0.906. The van der Waals surface area contributed by atoms with Gasteiger partial charge in [-0.1, -0.05) is 45.0 Å². The highest BCUT2D eigenvalue weighted by Gasteiger charge is 2.13. The molecule has 1 fully saturated rings. The van der Waals surface area contributed by atoms with Gasteiger partial charge in [0, 0.05) is 0 Å². The molecular weight excluding hydrogens is 320 g/mol. The van der Waals surface area contributed by atoms with Crippen LogP contribution < -0.4 is 15.6 Å². The van der Waals surface area contributed by atoms with Gasteiger partial charge in [0.15, 0.2) is 5.11 Å². The minimum atomic E-state index is 0.169. The lowest BCUT2D eigenvalue weighted by Crippen LogP contribution is -3.14. The summed E-state index contributed by atoms with van der Waals surface area (Å²) in [4.78, 5) is 1.55. The number of nitrogens with zero attached hydrogens (tertiary/aromatic N) is 1. The third-order valence-corrected chi connectivity index (χ3v) is 4.36. The summed E-state index contributed by atoms with van der Waals surface area (Å²) in [5.41, 5.74) is 5.41. The highest BCUT2D eigenvalue weighted by atomic mass is 32.1. The summed E-state index contributed by atoms with van der Waals surface area (Å²) in [6.45, 7) is 12.4. The Balaban J connectivity index is 1.68. The second-order valence-electron chi connectivity index (χ2n) is 7.11. The van der Waals surface area contributed by atoms with Crippen LogP contribution in [0.25, 0.3) is 0 Å². The maximum Gasteiger partial charge on any atom is 0.187 e. The van der Waals surface area contributed by atoms with Gasteiger partial charge in [0.05, 0.1) is 32.5 Å². The quantitative estimate of drug-likeness (QED) is 0.416. The first-order valence-electron chi connectivity index (χ1n) is 8.54. The predicted octanol–water partition coefficient (Wildman–Crippen LogP) is 0.697. The first kappa shape index (κ1) is 18.8. The number of quaternary nitrogens is 1. The van der Waals surface area contributed by atoms with Crippen molar-refractivity contribution < 1.29 is 9.64 Å². The zero-order chi connectivity index (χ0) is 17.4. The Morgan fingerprint density at radius 2 is 1.92 bits per heavy atom. The van der Waals surface area contributed by atoms with Crippen molar-refractivity contribution >= 4 is 23.5 Å². The van der Waals surface area contributed by atoms with Gasteiger partial charge in [0.25, 0.3) is 0 Å². The minimum Gasteiger partial charge on any atom is -0.370 e. The molecule has 3 N–H and O–H groups in total. The van der Waals surface area contributed by atoms with Crippen LogP contribution in [0, 0.1) is 0 Å². The molecule has 1 saturated heterocycles. The van der Waals surface area contributed by atoms with Crippen molar-refractivity contribution in [2.24, 2.45) is 5.10 Å². The van der Waals surface area contributed by atoms with E-state index in [1.807, 2.05) is 0 Å². The largest absolute Gasteiger partial charge is 0.370 e. The van der Waals surface area contributed by atoms with E-state index >= 15 is 0 Å². The van der Waals surface area contributed by atoms with Gasteiger partial charge in [-0.15, -0.1) is 0 Å². The number of rotatable bonds is 5. The summed E-state index contributed by atoms with van der Waals surface area (Å²) >= 11 is 5.24. The molecule has 1 aromatic rings. The van der Waals surface area contributed by atoms with Crippen molar-refractivity contribution in [3.8, 4) is 0 Å². The molecule has 0 aliphatic carbocycles. The highest BCUT2D eigenvalue weighted by molar-refractivity contribution is 7.80. The van der Waals surface area contributed by atoms with Crippen molar-refractivity contribution in [3.63, 3.8) is 0 Å². The summed E-state index contributed by atoms with van der Waals surface area (Å²) in [6.07, 6.45) is 1.79. The van der Waals surface area contributed by atoms with E-state index < -0.39 is 0 Å².